The van der Waals surface area contributed by atoms with Crippen molar-refractivity contribution in [2.24, 2.45) is 17.6 Å². The Morgan fingerprint density at radius 1 is 1.08 bits per heavy atom. The van der Waals surface area contributed by atoms with E-state index in [0.717, 1.165) is 12.8 Å². The van der Waals surface area contributed by atoms with Gasteiger partial charge in [-0.1, -0.05) is 0 Å². The molecule has 2 N–H and O–H groups in total. The van der Waals surface area contributed by atoms with Gasteiger partial charge in [-0.2, -0.15) is 0 Å². The number of halogens is 3. The van der Waals surface area contributed by atoms with Crippen molar-refractivity contribution in [1.29, 1.82) is 0 Å². The molecule has 2 aliphatic carbocycles. The molecule has 0 aromatic carbocycles. The first kappa shape index (κ1) is 10.2. The third kappa shape index (κ3) is 1.72. The summed E-state index contributed by atoms with van der Waals surface area (Å²) in [7, 11) is 0. The van der Waals surface area contributed by atoms with Crippen molar-refractivity contribution in [1.82, 2.24) is 0 Å². The fourth-order valence-corrected chi connectivity index (χ4v) is 2.61. The van der Waals surface area contributed by atoms with E-state index in [1.165, 1.54) is 0 Å². The molecular weight excluding hydrogens is 184 g/mol. The molecule has 1 unspecified atom stereocenters. The average Bonchev–Trinajstić information content (AvgIpc) is 2.17. The normalized spacial score (nSPS) is 43.8. The van der Waals surface area contributed by atoms with E-state index in [1.54, 1.807) is 0 Å². The summed E-state index contributed by atoms with van der Waals surface area (Å²) in [5.74, 6) is -1.94. The van der Waals surface area contributed by atoms with E-state index in [1.807, 2.05) is 0 Å². The molecule has 0 aliphatic heterocycles. The van der Waals surface area contributed by atoms with Gasteiger partial charge in [-0.3, -0.25) is 0 Å². The lowest BCUT2D eigenvalue weighted by molar-refractivity contribution is 0.0000250. The van der Waals surface area contributed by atoms with E-state index in [2.05, 4.69) is 0 Å². The molecule has 72 valence electrons. The smallest absolute Gasteiger partial charge is 0.248 e. The maximum atomic E-state index is 12.8. The second kappa shape index (κ2) is 3.11. The molecule has 0 amide bonds. The topological polar surface area (TPSA) is 26.0 Å². The van der Waals surface area contributed by atoms with Gasteiger partial charge in [0.25, 0.3) is 0 Å². The van der Waals surface area contributed by atoms with Gasteiger partial charge >= 0.3 is 0 Å². The lowest BCUT2D eigenvalue weighted by Gasteiger charge is -2.10. The molecule has 0 heterocycles. The highest BCUT2D eigenvalue weighted by atomic mass is 35.5. The number of rotatable bonds is 0. The lowest BCUT2D eigenvalue weighted by Crippen LogP contribution is -2.19. The summed E-state index contributed by atoms with van der Waals surface area (Å²) in [5.41, 5.74) is 5.67. The van der Waals surface area contributed by atoms with Crippen molar-refractivity contribution in [3.05, 3.63) is 0 Å². The van der Waals surface area contributed by atoms with Gasteiger partial charge in [-0.25, -0.2) is 8.78 Å². The zero-order chi connectivity index (χ0) is 8.06. The number of nitrogens with two attached hydrogens (primary N) is 1. The highest BCUT2D eigenvalue weighted by molar-refractivity contribution is 5.85. The highest BCUT2D eigenvalue weighted by Crippen LogP contribution is 2.50. The Morgan fingerprint density at radius 3 is 1.92 bits per heavy atom. The Balaban J connectivity index is 0.000000720. The van der Waals surface area contributed by atoms with Gasteiger partial charge in [0, 0.05) is 18.9 Å². The number of hydrogen-bond acceptors (Lipinski definition) is 1. The van der Waals surface area contributed by atoms with Crippen molar-refractivity contribution >= 4 is 12.4 Å². The standard InChI is InChI=1S/C8H13F2N.ClH/c9-8(10)3-5-1-7(11)2-6(5)4-8;/h5-7H,1-4,11H2;1H/t5-,6+,7?;. The Kier molecular flexibility index (Phi) is 2.64. The maximum Gasteiger partial charge on any atom is 0.248 e. The molecule has 0 bridgehead atoms. The van der Waals surface area contributed by atoms with Gasteiger partial charge in [0.2, 0.25) is 5.92 Å². The van der Waals surface area contributed by atoms with Gasteiger partial charge in [0.1, 0.15) is 0 Å². The van der Waals surface area contributed by atoms with Crippen LogP contribution in [0.15, 0.2) is 0 Å². The van der Waals surface area contributed by atoms with Gasteiger partial charge in [0.15, 0.2) is 0 Å². The predicted octanol–water partition coefficient (Wildman–Crippen LogP) is 2.19. The number of alkyl halides is 2. The monoisotopic (exact) mass is 197 g/mol. The Labute approximate surface area is 77.1 Å². The first-order valence-corrected chi connectivity index (χ1v) is 4.20. The molecule has 0 aromatic heterocycles. The third-order valence-electron chi connectivity index (χ3n) is 3.00. The summed E-state index contributed by atoms with van der Waals surface area (Å²) < 4.78 is 25.5. The Hall–Kier alpha value is 0.110. The van der Waals surface area contributed by atoms with Crippen LogP contribution < -0.4 is 5.73 Å². The van der Waals surface area contributed by atoms with Gasteiger partial charge in [0.05, 0.1) is 0 Å². The molecule has 0 spiro atoms. The lowest BCUT2D eigenvalue weighted by atomic mass is 10.0. The Bertz CT molecular complexity index is 158. The van der Waals surface area contributed by atoms with Gasteiger partial charge in [-0.15, -0.1) is 12.4 Å². The van der Waals surface area contributed by atoms with Crippen LogP contribution in [0.4, 0.5) is 8.78 Å². The summed E-state index contributed by atoms with van der Waals surface area (Å²) in [6.45, 7) is 0. The highest BCUT2D eigenvalue weighted by Gasteiger charge is 2.49. The molecule has 2 aliphatic rings. The van der Waals surface area contributed by atoms with E-state index >= 15 is 0 Å². The quantitative estimate of drug-likeness (QED) is 0.633. The molecule has 3 atom stereocenters. The van der Waals surface area contributed by atoms with E-state index in [9.17, 15) is 8.78 Å². The molecule has 2 rings (SSSR count). The molecular formula is C8H14ClF2N. The molecule has 4 heteroatoms. The second-order valence-corrected chi connectivity index (χ2v) is 4.02. The molecule has 12 heavy (non-hydrogen) atoms. The summed E-state index contributed by atoms with van der Waals surface area (Å²) >= 11 is 0. The minimum absolute atomic E-state index is 0. The van der Waals surface area contributed by atoms with E-state index in [4.69, 9.17) is 5.73 Å². The first-order chi connectivity index (χ1) is 5.07. The fraction of sp³-hybridized carbons (Fsp3) is 1.00. The van der Waals surface area contributed by atoms with Crippen LogP contribution in [0.5, 0.6) is 0 Å². The molecule has 0 radical (unpaired) electrons. The zero-order valence-electron chi connectivity index (χ0n) is 6.80. The fourth-order valence-electron chi connectivity index (χ4n) is 2.61. The maximum absolute atomic E-state index is 12.8. The largest absolute Gasteiger partial charge is 0.328 e. The van der Waals surface area contributed by atoms with Crippen LogP contribution >= 0.6 is 12.4 Å². The molecule has 1 nitrogen and oxygen atoms in total. The van der Waals surface area contributed by atoms with Crippen LogP contribution in [0, 0.1) is 11.8 Å². The van der Waals surface area contributed by atoms with Crippen LogP contribution in [0.2, 0.25) is 0 Å². The van der Waals surface area contributed by atoms with Crippen molar-refractivity contribution in [2.45, 2.75) is 37.6 Å². The molecule has 2 fully saturated rings. The summed E-state index contributed by atoms with van der Waals surface area (Å²) in [6.07, 6.45) is 1.82. The first-order valence-electron chi connectivity index (χ1n) is 4.20. The zero-order valence-corrected chi connectivity index (χ0v) is 7.62. The van der Waals surface area contributed by atoms with Crippen LogP contribution in [0.1, 0.15) is 25.7 Å². The van der Waals surface area contributed by atoms with E-state index in [-0.39, 0.29) is 43.1 Å². The van der Waals surface area contributed by atoms with Crippen molar-refractivity contribution in [3.8, 4) is 0 Å². The molecule has 0 aromatic rings. The van der Waals surface area contributed by atoms with Gasteiger partial charge in [-0.05, 0) is 24.7 Å². The Morgan fingerprint density at radius 2 is 1.50 bits per heavy atom. The van der Waals surface area contributed by atoms with Gasteiger partial charge < -0.3 is 5.73 Å². The number of fused-ring (bicyclic) bond motifs is 1. The second-order valence-electron chi connectivity index (χ2n) is 4.02. The van der Waals surface area contributed by atoms with E-state index in [0.29, 0.717) is 0 Å². The van der Waals surface area contributed by atoms with Crippen molar-refractivity contribution in [3.63, 3.8) is 0 Å². The van der Waals surface area contributed by atoms with Crippen molar-refractivity contribution in [2.75, 3.05) is 0 Å². The van der Waals surface area contributed by atoms with E-state index < -0.39 is 5.92 Å². The minimum atomic E-state index is -2.38. The molecule has 0 saturated heterocycles. The SMILES string of the molecule is Cl.NC1C[C@@H]2CC(F)(F)C[C@@H]2C1. The van der Waals surface area contributed by atoms with Crippen LogP contribution in [0.3, 0.4) is 0 Å². The minimum Gasteiger partial charge on any atom is -0.328 e. The third-order valence-corrected chi connectivity index (χ3v) is 3.00. The summed E-state index contributed by atoms with van der Waals surface area (Å²) in [6, 6.07) is 0.195. The molecule has 2 saturated carbocycles. The van der Waals surface area contributed by atoms with Crippen LogP contribution in [-0.2, 0) is 0 Å². The average molecular weight is 198 g/mol. The van der Waals surface area contributed by atoms with Crippen molar-refractivity contribution < 1.29 is 8.78 Å². The number of hydrogen-bond donors (Lipinski definition) is 1. The van der Waals surface area contributed by atoms with Crippen LogP contribution in [-0.4, -0.2) is 12.0 Å². The predicted molar refractivity (Wildman–Crippen MR) is 45.6 cm³/mol. The summed E-state index contributed by atoms with van der Waals surface area (Å²) in [5, 5.41) is 0. The van der Waals surface area contributed by atoms with Crippen LogP contribution in [0.25, 0.3) is 0 Å². The summed E-state index contributed by atoms with van der Waals surface area (Å²) in [4.78, 5) is 0.